The summed E-state index contributed by atoms with van der Waals surface area (Å²) < 4.78 is 2.43. The van der Waals surface area contributed by atoms with E-state index in [1.165, 1.54) is 54.8 Å². The van der Waals surface area contributed by atoms with Crippen molar-refractivity contribution in [3.05, 3.63) is 170 Å². The van der Waals surface area contributed by atoms with Gasteiger partial charge in [-0.3, -0.25) is 0 Å². The van der Waals surface area contributed by atoms with Crippen molar-refractivity contribution in [1.29, 1.82) is 0 Å². The normalized spacial score (nSPS) is 11.7. The molecular formula is C45H28N4. The van der Waals surface area contributed by atoms with Crippen LogP contribution in [0.25, 0.3) is 94.5 Å². The highest BCUT2D eigenvalue weighted by molar-refractivity contribution is 6.25. The van der Waals surface area contributed by atoms with Gasteiger partial charge in [0.25, 0.3) is 0 Å². The van der Waals surface area contributed by atoms with Gasteiger partial charge in [-0.1, -0.05) is 127 Å². The van der Waals surface area contributed by atoms with E-state index in [2.05, 4.69) is 114 Å². The maximum Gasteiger partial charge on any atom is 0.164 e. The summed E-state index contributed by atoms with van der Waals surface area (Å²) in [5.74, 6) is 1.97. The predicted octanol–water partition coefficient (Wildman–Crippen LogP) is 11.4. The minimum atomic E-state index is 0.653. The van der Waals surface area contributed by atoms with Crippen molar-refractivity contribution < 1.29 is 0 Å². The van der Waals surface area contributed by atoms with Gasteiger partial charge in [-0.15, -0.1) is 0 Å². The molecule has 10 aromatic rings. The van der Waals surface area contributed by atoms with Gasteiger partial charge in [0.1, 0.15) is 0 Å². The lowest BCUT2D eigenvalue weighted by atomic mass is 9.97. The minimum Gasteiger partial charge on any atom is -0.308 e. The van der Waals surface area contributed by atoms with Gasteiger partial charge in [0.05, 0.1) is 16.6 Å². The maximum atomic E-state index is 5.04. The highest BCUT2D eigenvalue weighted by atomic mass is 15.0. The minimum absolute atomic E-state index is 0.653. The Hall–Kier alpha value is -6.65. The smallest absolute Gasteiger partial charge is 0.164 e. The molecule has 0 bridgehead atoms. The topological polar surface area (TPSA) is 43.1 Å². The van der Waals surface area contributed by atoms with Crippen molar-refractivity contribution in [2.24, 2.45) is 0 Å². The van der Waals surface area contributed by atoms with Crippen molar-refractivity contribution >= 4 is 38.1 Å². The van der Waals surface area contributed by atoms with Crippen LogP contribution in [0.5, 0.6) is 0 Å². The second-order valence-electron chi connectivity index (χ2n) is 12.5. The summed E-state index contributed by atoms with van der Waals surface area (Å²) in [4.78, 5) is 15.0. The number of fused-ring (bicyclic) bond motifs is 6. The quantitative estimate of drug-likeness (QED) is 0.191. The van der Waals surface area contributed by atoms with E-state index in [0.717, 1.165) is 22.2 Å². The summed E-state index contributed by atoms with van der Waals surface area (Å²) in [5, 5.41) is 4.89. The van der Waals surface area contributed by atoms with Gasteiger partial charge in [-0.25, -0.2) is 15.0 Å². The molecule has 3 aromatic heterocycles. The summed E-state index contributed by atoms with van der Waals surface area (Å²) in [6.45, 7) is 0. The Morgan fingerprint density at radius 2 is 0.653 bits per heavy atom. The molecule has 0 saturated carbocycles. The van der Waals surface area contributed by atoms with E-state index in [1.807, 2.05) is 60.7 Å². The summed E-state index contributed by atoms with van der Waals surface area (Å²) >= 11 is 0. The highest BCUT2D eigenvalue weighted by Gasteiger charge is 2.21. The molecule has 0 saturated heterocycles. The zero-order valence-electron chi connectivity index (χ0n) is 26.5. The lowest BCUT2D eigenvalue weighted by Gasteiger charge is -2.09. The zero-order valence-corrected chi connectivity index (χ0v) is 26.5. The van der Waals surface area contributed by atoms with Crippen LogP contribution in [0.15, 0.2) is 170 Å². The fourth-order valence-electron chi connectivity index (χ4n) is 7.23. The summed E-state index contributed by atoms with van der Waals surface area (Å²) in [5.41, 5.74) is 11.3. The van der Waals surface area contributed by atoms with Gasteiger partial charge < -0.3 is 4.40 Å². The molecule has 0 fully saturated rings. The molecule has 0 unspecified atom stereocenters. The van der Waals surface area contributed by atoms with E-state index in [4.69, 9.17) is 15.0 Å². The molecule has 4 nitrogen and oxygen atoms in total. The number of benzene rings is 7. The van der Waals surface area contributed by atoms with Crippen LogP contribution in [-0.2, 0) is 0 Å². The number of hydrogen-bond acceptors (Lipinski definition) is 3. The first-order chi connectivity index (χ1) is 24.3. The molecule has 49 heavy (non-hydrogen) atoms. The van der Waals surface area contributed by atoms with Crippen LogP contribution in [0.4, 0.5) is 0 Å². The largest absolute Gasteiger partial charge is 0.308 e. The molecule has 10 rings (SSSR count). The third kappa shape index (κ3) is 4.49. The lowest BCUT2D eigenvalue weighted by molar-refractivity contribution is 1.07. The first-order valence-corrected chi connectivity index (χ1v) is 16.5. The van der Waals surface area contributed by atoms with Crippen LogP contribution >= 0.6 is 0 Å². The molecule has 0 radical (unpaired) electrons. The van der Waals surface area contributed by atoms with Crippen molar-refractivity contribution in [3.8, 4) is 56.4 Å². The molecular weight excluding hydrogens is 597 g/mol. The van der Waals surface area contributed by atoms with Gasteiger partial charge in [0.15, 0.2) is 17.5 Å². The Balaban J connectivity index is 1.24. The second-order valence-corrected chi connectivity index (χ2v) is 12.5. The fraction of sp³-hybridized carbons (Fsp3) is 0. The Kier molecular flexibility index (Phi) is 6.15. The maximum absolute atomic E-state index is 5.04. The molecule has 0 aliphatic heterocycles. The van der Waals surface area contributed by atoms with E-state index >= 15 is 0 Å². The zero-order chi connectivity index (χ0) is 32.3. The fourth-order valence-corrected chi connectivity index (χ4v) is 7.23. The molecule has 0 spiro atoms. The van der Waals surface area contributed by atoms with Gasteiger partial charge in [0.2, 0.25) is 0 Å². The van der Waals surface area contributed by atoms with Crippen LogP contribution < -0.4 is 0 Å². The first kappa shape index (κ1) is 27.5. The van der Waals surface area contributed by atoms with Crippen LogP contribution in [0, 0.1) is 0 Å². The van der Waals surface area contributed by atoms with Gasteiger partial charge >= 0.3 is 0 Å². The number of rotatable bonds is 5. The van der Waals surface area contributed by atoms with Crippen molar-refractivity contribution in [1.82, 2.24) is 19.4 Å². The molecule has 4 heteroatoms. The van der Waals surface area contributed by atoms with Crippen LogP contribution in [0.1, 0.15) is 0 Å². The van der Waals surface area contributed by atoms with Crippen molar-refractivity contribution in [2.75, 3.05) is 0 Å². The average Bonchev–Trinajstić information content (AvgIpc) is 3.70. The van der Waals surface area contributed by atoms with Crippen molar-refractivity contribution in [2.45, 2.75) is 0 Å². The molecule has 0 aliphatic rings. The van der Waals surface area contributed by atoms with Gasteiger partial charge in [0, 0.05) is 38.2 Å². The lowest BCUT2D eigenvalue weighted by Crippen LogP contribution is -2.00. The Morgan fingerprint density at radius 1 is 0.286 bits per heavy atom. The molecule has 7 aromatic carbocycles. The van der Waals surface area contributed by atoms with E-state index in [1.54, 1.807) is 0 Å². The number of aromatic nitrogens is 4. The Bertz CT molecular complexity index is 2730. The van der Waals surface area contributed by atoms with E-state index < -0.39 is 0 Å². The molecule has 0 amide bonds. The standard InChI is InChI=1S/C45H28N4/c1-5-13-29(14-6-1)33-21-23-40-36(25-33)38-27-35(30-15-7-2-8-16-30)28-39-37-26-34(22-24-41(37)49(40)42(38)39)45-47-43(31-17-9-3-10-18-31)46-44(48-45)32-19-11-4-12-20-32/h1-28H. The molecule has 228 valence electrons. The SMILES string of the molecule is c1ccc(-c2ccc3c(c2)c2cc(-c4ccccc4)cc4c5cc(-c6nc(-c7ccccc7)nc(-c7ccccc7)n6)ccc5n3c24)cc1. The molecule has 0 aliphatic carbocycles. The molecule has 0 atom stereocenters. The number of hydrogen-bond donors (Lipinski definition) is 0. The Morgan fingerprint density at radius 3 is 1.14 bits per heavy atom. The van der Waals surface area contributed by atoms with Crippen LogP contribution in [-0.4, -0.2) is 19.4 Å². The summed E-state index contributed by atoms with van der Waals surface area (Å²) in [7, 11) is 0. The summed E-state index contributed by atoms with van der Waals surface area (Å²) in [6.07, 6.45) is 0. The van der Waals surface area contributed by atoms with Crippen LogP contribution in [0.2, 0.25) is 0 Å². The van der Waals surface area contributed by atoms with E-state index in [9.17, 15) is 0 Å². The monoisotopic (exact) mass is 624 g/mol. The third-order valence-electron chi connectivity index (χ3n) is 9.56. The number of nitrogens with zero attached hydrogens (tertiary/aromatic N) is 4. The molecule has 3 heterocycles. The Labute approximate surface area is 283 Å². The van der Waals surface area contributed by atoms with E-state index in [-0.39, 0.29) is 0 Å². The van der Waals surface area contributed by atoms with Gasteiger partial charge in [-0.05, 0) is 64.7 Å². The average molecular weight is 625 g/mol. The third-order valence-corrected chi connectivity index (χ3v) is 9.56. The molecule has 0 N–H and O–H groups in total. The highest BCUT2D eigenvalue weighted by Crippen LogP contribution is 2.43. The second kappa shape index (κ2) is 11.0. The first-order valence-electron chi connectivity index (χ1n) is 16.5. The van der Waals surface area contributed by atoms with Crippen molar-refractivity contribution in [3.63, 3.8) is 0 Å². The van der Waals surface area contributed by atoms with Gasteiger partial charge in [-0.2, -0.15) is 0 Å². The summed E-state index contributed by atoms with van der Waals surface area (Å²) in [6, 6.07) is 59.8. The van der Waals surface area contributed by atoms with Crippen LogP contribution in [0.3, 0.4) is 0 Å². The van der Waals surface area contributed by atoms with E-state index in [0.29, 0.717) is 17.5 Å². The predicted molar refractivity (Wildman–Crippen MR) is 202 cm³/mol.